The number of carbonyl (C=O) groups excluding carboxylic acids is 1. The Morgan fingerprint density at radius 2 is 1.72 bits per heavy atom. The van der Waals surface area contributed by atoms with Crippen LogP contribution in [0.2, 0.25) is 0 Å². The van der Waals surface area contributed by atoms with E-state index >= 15 is 0 Å². The largest absolute Gasteiger partial charge is 0.480 e. The molecule has 1 unspecified atom stereocenters. The molecule has 3 aromatic carbocycles. The van der Waals surface area contributed by atoms with Crippen molar-refractivity contribution in [2.24, 2.45) is 0 Å². The van der Waals surface area contributed by atoms with Crippen LogP contribution in [0.15, 0.2) is 95.6 Å². The molecule has 1 amide bonds. The fourth-order valence-electron chi connectivity index (χ4n) is 4.45. The number of furan rings is 1. The molecule has 4 aromatic rings. The molecule has 0 aliphatic heterocycles. The number of ether oxygens (including phenoxy) is 1. The van der Waals surface area contributed by atoms with Gasteiger partial charge >= 0.3 is 5.97 Å². The SMILES string of the molecule is CSCC[C@H](NC(=O)c1ccc(COC(Cc2ccccc2)c2ccco2)cc1-c1ccccc1C)C(=O)O. The predicted molar refractivity (Wildman–Crippen MR) is 155 cm³/mol. The van der Waals surface area contributed by atoms with Crippen molar-refractivity contribution >= 4 is 23.6 Å². The second-order valence-electron chi connectivity index (χ2n) is 9.35. The van der Waals surface area contributed by atoms with E-state index in [1.54, 1.807) is 24.1 Å². The number of carboxylic acid groups (broad SMARTS) is 1. The van der Waals surface area contributed by atoms with Gasteiger partial charge in [-0.05, 0) is 77.4 Å². The van der Waals surface area contributed by atoms with E-state index in [4.69, 9.17) is 9.15 Å². The van der Waals surface area contributed by atoms with Crippen LogP contribution >= 0.6 is 11.8 Å². The minimum Gasteiger partial charge on any atom is -0.480 e. The van der Waals surface area contributed by atoms with Crippen molar-refractivity contribution in [2.45, 2.75) is 38.5 Å². The first-order valence-corrected chi connectivity index (χ1v) is 14.3. The molecule has 0 saturated carbocycles. The minimum atomic E-state index is -1.04. The van der Waals surface area contributed by atoms with Crippen LogP contribution in [0.1, 0.15) is 45.3 Å². The van der Waals surface area contributed by atoms with Gasteiger partial charge < -0.3 is 19.6 Å². The van der Waals surface area contributed by atoms with E-state index in [9.17, 15) is 14.7 Å². The lowest BCUT2D eigenvalue weighted by molar-refractivity contribution is -0.139. The summed E-state index contributed by atoms with van der Waals surface area (Å²) in [6.45, 7) is 2.30. The topological polar surface area (TPSA) is 88.8 Å². The Morgan fingerprint density at radius 1 is 0.949 bits per heavy atom. The third-order valence-corrected chi connectivity index (χ3v) is 7.20. The van der Waals surface area contributed by atoms with E-state index < -0.39 is 17.9 Å². The van der Waals surface area contributed by atoms with Crippen molar-refractivity contribution in [1.29, 1.82) is 0 Å². The highest BCUT2D eigenvalue weighted by Gasteiger charge is 2.23. The Balaban J connectivity index is 1.61. The Morgan fingerprint density at radius 3 is 2.41 bits per heavy atom. The van der Waals surface area contributed by atoms with Crippen LogP contribution in [0.3, 0.4) is 0 Å². The van der Waals surface area contributed by atoms with Crippen LogP contribution in [0.5, 0.6) is 0 Å². The number of thioether (sulfide) groups is 1. The van der Waals surface area contributed by atoms with Gasteiger partial charge in [0.15, 0.2) is 0 Å². The molecule has 2 atom stereocenters. The first-order chi connectivity index (χ1) is 19.0. The van der Waals surface area contributed by atoms with Crippen molar-refractivity contribution in [3.8, 4) is 11.1 Å². The summed E-state index contributed by atoms with van der Waals surface area (Å²) in [7, 11) is 0. The van der Waals surface area contributed by atoms with E-state index in [1.807, 2.05) is 79.9 Å². The molecule has 202 valence electrons. The third-order valence-electron chi connectivity index (χ3n) is 6.55. The van der Waals surface area contributed by atoms with Crippen LogP contribution in [-0.2, 0) is 22.6 Å². The number of nitrogens with one attached hydrogen (secondary N) is 1. The number of aliphatic carboxylic acids is 1. The number of aryl methyl sites for hydroxylation is 1. The number of carboxylic acids is 1. The highest BCUT2D eigenvalue weighted by atomic mass is 32.2. The normalized spacial score (nSPS) is 12.6. The Labute approximate surface area is 233 Å². The maximum atomic E-state index is 13.3. The number of amides is 1. The molecular formula is C32H33NO5S. The fourth-order valence-corrected chi connectivity index (χ4v) is 4.92. The lowest BCUT2D eigenvalue weighted by Crippen LogP contribution is -2.41. The molecule has 6 nitrogen and oxygen atoms in total. The van der Waals surface area contributed by atoms with Crippen molar-refractivity contribution in [3.63, 3.8) is 0 Å². The maximum Gasteiger partial charge on any atom is 0.326 e. The van der Waals surface area contributed by atoms with Gasteiger partial charge in [0.05, 0.1) is 12.9 Å². The minimum absolute atomic E-state index is 0.278. The van der Waals surface area contributed by atoms with Gasteiger partial charge in [-0.25, -0.2) is 4.79 Å². The van der Waals surface area contributed by atoms with Crippen molar-refractivity contribution < 1.29 is 23.8 Å². The van der Waals surface area contributed by atoms with E-state index in [2.05, 4.69) is 17.4 Å². The summed E-state index contributed by atoms with van der Waals surface area (Å²) < 4.78 is 12.0. The molecule has 0 fully saturated rings. The zero-order valence-corrected chi connectivity index (χ0v) is 22.9. The van der Waals surface area contributed by atoms with Crippen LogP contribution in [0.25, 0.3) is 11.1 Å². The molecule has 4 rings (SSSR count). The van der Waals surface area contributed by atoms with E-state index in [0.29, 0.717) is 30.8 Å². The van der Waals surface area contributed by atoms with Gasteiger partial charge in [0, 0.05) is 12.0 Å². The molecule has 2 N–H and O–H groups in total. The molecule has 7 heteroatoms. The summed E-state index contributed by atoms with van der Waals surface area (Å²) in [6.07, 6.45) is 4.29. The lowest BCUT2D eigenvalue weighted by Gasteiger charge is -2.19. The summed E-state index contributed by atoms with van der Waals surface area (Å²) in [6, 6.07) is 26.3. The Bertz CT molecular complexity index is 1370. The molecule has 0 aliphatic rings. The molecule has 1 heterocycles. The summed E-state index contributed by atoms with van der Waals surface area (Å²) in [5.74, 6) is -0.0641. The van der Waals surface area contributed by atoms with Crippen LogP contribution in [0, 0.1) is 6.92 Å². The van der Waals surface area contributed by atoms with Gasteiger partial charge in [-0.1, -0.05) is 60.7 Å². The quantitative estimate of drug-likeness (QED) is 0.195. The third kappa shape index (κ3) is 7.62. The average Bonchev–Trinajstić information content (AvgIpc) is 3.49. The van der Waals surface area contributed by atoms with E-state index in [1.165, 1.54) is 0 Å². The summed E-state index contributed by atoms with van der Waals surface area (Å²) in [5.41, 5.74) is 5.12. The summed E-state index contributed by atoms with van der Waals surface area (Å²) >= 11 is 1.55. The summed E-state index contributed by atoms with van der Waals surface area (Å²) in [5, 5.41) is 12.3. The zero-order chi connectivity index (χ0) is 27.6. The van der Waals surface area contributed by atoms with Crippen molar-refractivity contribution in [2.75, 3.05) is 12.0 Å². The number of rotatable bonds is 13. The molecule has 0 bridgehead atoms. The molecule has 0 aliphatic carbocycles. The first kappa shape index (κ1) is 28.2. The number of benzene rings is 3. The van der Waals surface area contributed by atoms with Gasteiger partial charge in [-0.15, -0.1) is 0 Å². The highest BCUT2D eigenvalue weighted by Crippen LogP contribution is 2.30. The fraction of sp³-hybridized carbons (Fsp3) is 0.250. The Kier molecular flexibility index (Phi) is 10.00. The maximum absolute atomic E-state index is 13.3. The van der Waals surface area contributed by atoms with Gasteiger partial charge in [0.2, 0.25) is 0 Å². The van der Waals surface area contributed by atoms with Gasteiger partial charge in [-0.3, -0.25) is 4.79 Å². The molecule has 1 aromatic heterocycles. The van der Waals surface area contributed by atoms with Crippen LogP contribution in [-0.4, -0.2) is 35.0 Å². The van der Waals surface area contributed by atoms with Crippen molar-refractivity contribution in [1.82, 2.24) is 5.32 Å². The molecular weight excluding hydrogens is 510 g/mol. The lowest BCUT2D eigenvalue weighted by atomic mass is 9.93. The molecule has 0 spiro atoms. The monoisotopic (exact) mass is 543 g/mol. The molecule has 39 heavy (non-hydrogen) atoms. The van der Waals surface area contributed by atoms with E-state index in [0.717, 1.165) is 33.6 Å². The smallest absolute Gasteiger partial charge is 0.326 e. The van der Waals surface area contributed by atoms with Gasteiger partial charge in [0.1, 0.15) is 17.9 Å². The first-order valence-electron chi connectivity index (χ1n) is 12.9. The zero-order valence-electron chi connectivity index (χ0n) is 22.1. The average molecular weight is 544 g/mol. The second-order valence-corrected chi connectivity index (χ2v) is 10.3. The highest BCUT2D eigenvalue weighted by molar-refractivity contribution is 7.98. The predicted octanol–water partition coefficient (Wildman–Crippen LogP) is 6.69. The Hall–Kier alpha value is -3.81. The number of hydrogen-bond acceptors (Lipinski definition) is 5. The van der Waals surface area contributed by atoms with Crippen LogP contribution < -0.4 is 5.32 Å². The number of hydrogen-bond donors (Lipinski definition) is 2. The van der Waals surface area contributed by atoms with E-state index in [-0.39, 0.29) is 6.10 Å². The number of carbonyl (C=O) groups is 2. The molecule has 0 radical (unpaired) electrons. The molecule has 0 saturated heterocycles. The van der Waals surface area contributed by atoms with Crippen LogP contribution in [0.4, 0.5) is 0 Å². The standard InChI is InChI=1S/C32H33NO5S/c1-22-9-6-7-12-25(22)27-19-24(14-15-26(27)31(34)33-28(32(35)36)16-18-39-2)21-38-30(29-13-8-17-37-29)20-23-10-4-3-5-11-23/h3-15,17,19,28,30H,16,18,20-21H2,1-2H3,(H,33,34)(H,35,36)/t28-,30?/m0/s1. The van der Waals surface area contributed by atoms with Crippen molar-refractivity contribution in [3.05, 3.63) is 119 Å². The summed E-state index contributed by atoms with van der Waals surface area (Å²) in [4.78, 5) is 25.1. The second kappa shape index (κ2) is 13.8. The van der Waals surface area contributed by atoms with Gasteiger partial charge in [-0.2, -0.15) is 11.8 Å². The van der Waals surface area contributed by atoms with Gasteiger partial charge in [0.25, 0.3) is 5.91 Å².